The zero-order chi connectivity index (χ0) is 10.9. The summed E-state index contributed by atoms with van der Waals surface area (Å²) in [5.41, 5.74) is 8.94. The molecule has 15 heavy (non-hydrogen) atoms. The Morgan fingerprint density at radius 3 is 3.13 bits per heavy atom. The second-order valence-corrected chi connectivity index (χ2v) is 2.74. The van der Waals surface area contributed by atoms with Crippen LogP contribution in [0.25, 0.3) is 10.4 Å². The van der Waals surface area contributed by atoms with Gasteiger partial charge in [0.05, 0.1) is 7.11 Å². The Labute approximate surface area is 88.5 Å². The lowest BCUT2D eigenvalue weighted by Crippen LogP contribution is -1.83. The van der Waals surface area contributed by atoms with E-state index >= 15 is 0 Å². The third kappa shape index (κ3) is 4.08. The van der Waals surface area contributed by atoms with Crippen molar-refractivity contribution in [3.8, 4) is 17.6 Å². The average Bonchev–Trinajstić information content (AvgIpc) is 2.29. The normalized spacial score (nSPS) is 8.33. The maximum Gasteiger partial charge on any atom is 0.120 e. The fraction of sp³-hybridized carbons (Fsp3) is 0.273. The standard InChI is InChI=1S/C11H11N3O/c1-15-11-7-4-6-10(9-11)5-2-3-8-13-14-12/h4,6-7,9H,3,8H2,1H3. The van der Waals surface area contributed by atoms with Gasteiger partial charge in [0.15, 0.2) is 0 Å². The van der Waals surface area contributed by atoms with Crippen LogP contribution in [0.2, 0.25) is 0 Å². The van der Waals surface area contributed by atoms with Gasteiger partial charge >= 0.3 is 0 Å². The van der Waals surface area contributed by atoms with Crippen molar-refractivity contribution in [1.29, 1.82) is 0 Å². The molecule has 0 unspecified atom stereocenters. The highest BCUT2D eigenvalue weighted by molar-refractivity contribution is 5.39. The van der Waals surface area contributed by atoms with Crippen molar-refractivity contribution >= 4 is 0 Å². The third-order valence-electron chi connectivity index (χ3n) is 1.70. The summed E-state index contributed by atoms with van der Waals surface area (Å²) in [5.74, 6) is 6.67. The number of azide groups is 1. The lowest BCUT2D eigenvalue weighted by molar-refractivity contribution is 0.414. The number of hydrogen-bond acceptors (Lipinski definition) is 2. The zero-order valence-corrected chi connectivity index (χ0v) is 8.47. The molecule has 1 aromatic rings. The van der Waals surface area contributed by atoms with Gasteiger partial charge in [-0.05, 0) is 23.7 Å². The van der Waals surface area contributed by atoms with Crippen molar-refractivity contribution in [3.05, 3.63) is 40.3 Å². The van der Waals surface area contributed by atoms with Gasteiger partial charge in [0, 0.05) is 23.4 Å². The maximum atomic E-state index is 8.04. The smallest absolute Gasteiger partial charge is 0.120 e. The lowest BCUT2D eigenvalue weighted by Gasteiger charge is -1.97. The van der Waals surface area contributed by atoms with Crippen molar-refractivity contribution in [3.63, 3.8) is 0 Å². The van der Waals surface area contributed by atoms with Gasteiger partial charge in [-0.15, -0.1) is 0 Å². The van der Waals surface area contributed by atoms with Gasteiger partial charge in [-0.3, -0.25) is 0 Å². The van der Waals surface area contributed by atoms with E-state index in [1.165, 1.54) is 0 Å². The van der Waals surface area contributed by atoms with E-state index in [2.05, 4.69) is 21.9 Å². The van der Waals surface area contributed by atoms with Gasteiger partial charge in [0.2, 0.25) is 0 Å². The predicted molar refractivity (Wildman–Crippen MR) is 58.5 cm³/mol. The monoisotopic (exact) mass is 201 g/mol. The first-order valence-corrected chi connectivity index (χ1v) is 4.50. The quantitative estimate of drug-likeness (QED) is 0.244. The molecule has 0 saturated heterocycles. The molecule has 1 aromatic carbocycles. The number of benzene rings is 1. The lowest BCUT2D eigenvalue weighted by atomic mass is 10.2. The van der Waals surface area contributed by atoms with Crippen LogP contribution < -0.4 is 4.74 Å². The van der Waals surface area contributed by atoms with Crippen molar-refractivity contribution < 1.29 is 4.74 Å². The minimum Gasteiger partial charge on any atom is -0.497 e. The van der Waals surface area contributed by atoms with Crippen molar-refractivity contribution in [2.75, 3.05) is 13.7 Å². The first-order chi connectivity index (χ1) is 7.36. The molecule has 1 rings (SSSR count). The van der Waals surface area contributed by atoms with Crippen LogP contribution in [0.5, 0.6) is 5.75 Å². The van der Waals surface area contributed by atoms with Crippen LogP contribution in [-0.4, -0.2) is 13.7 Å². The summed E-state index contributed by atoms with van der Waals surface area (Å²) in [6, 6.07) is 7.52. The van der Waals surface area contributed by atoms with E-state index in [1.807, 2.05) is 24.3 Å². The summed E-state index contributed by atoms with van der Waals surface area (Å²) < 4.78 is 5.07. The van der Waals surface area contributed by atoms with Crippen molar-refractivity contribution in [2.45, 2.75) is 6.42 Å². The molecule has 4 heteroatoms. The molecule has 0 aliphatic carbocycles. The molecule has 0 saturated carbocycles. The maximum absolute atomic E-state index is 8.04. The molecule has 0 radical (unpaired) electrons. The molecule has 0 bridgehead atoms. The molecule has 0 aliphatic heterocycles. The van der Waals surface area contributed by atoms with E-state index in [9.17, 15) is 0 Å². The highest BCUT2D eigenvalue weighted by atomic mass is 16.5. The Morgan fingerprint density at radius 2 is 2.40 bits per heavy atom. The minimum absolute atomic E-state index is 0.410. The predicted octanol–water partition coefficient (Wildman–Crippen LogP) is 2.75. The molecule has 0 heterocycles. The van der Waals surface area contributed by atoms with Crippen LogP contribution in [-0.2, 0) is 0 Å². The van der Waals surface area contributed by atoms with E-state index < -0.39 is 0 Å². The minimum atomic E-state index is 0.410. The van der Waals surface area contributed by atoms with Gasteiger partial charge in [-0.2, -0.15) is 0 Å². The molecule has 0 N–H and O–H groups in total. The molecular formula is C11H11N3O. The number of nitrogens with zero attached hydrogens (tertiary/aromatic N) is 3. The van der Waals surface area contributed by atoms with Crippen LogP contribution in [0.3, 0.4) is 0 Å². The largest absolute Gasteiger partial charge is 0.497 e. The second-order valence-electron chi connectivity index (χ2n) is 2.74. The molecule has 0 spiro atoms. The summed E-state index contributed by atoms with van der Waals surface area (Å²) in [4.78, 5) is 2.64. The van der Waals surface area contributed by atoms with Crippen LogP contribution >= 0.6 is 0 Å². The summed E-state index contributed by atoms with van der Waals surface area (Å²) in [5, 5.41) is 3.39. The van der Waals surface area contributed by atoms with Gasteiger partial charge < -0.3 is 4.74 Å². The first kappa shape index (κ1) is 11.0. The summed E-state index contributed by atoms with van der Waals surface area (Å²) >= 11 is 0. The SMILES string of the molecule is COc1cccc(C#CCCN=[N+]=[N-])c1. The van der Waals surface area contributed by atoms with Crippen molar-refractivity contribution in [1.82, 2.24) is 0 Å². The summed E-state index contributed by atoms with van der Waals surface area (Å²) in [6.45, 7) is 0.410. The average molecular weight is 201 g/mol. The summed E-state index contributed by atoms with van der Waals surface area (Å²) in [7, 11) is 1.62. The van der Waals surface area contributed by atoms with Gasteiger partial charge in [-0.1, -0.05) is 23.0 Å². The van der Waals surface area contributed by atoms with E-state index in [-0.39, 0.29) is 0 Å². The molecule has 0 fully saturated rings. The van der Waals surface area contributed by atoms with Crippen molar-refractivity contribution in [2.24, 2.45) is 5.11 Å². The Morgan fingerprint density at radius 1 is 1.53 bits per heavy atom. The first-order valence-electron chi connectivity index (χ1n) is 4.50. The topological polar surface area (TPSA) is 58.0 Å². The highest BCUT2D eigenvalue weighted by Gasteiger charge is 1.90. The fourth-order valence-electron chi connectivity index (χ4n) is 1.02. The molecule has 0 aromatic heterocycles. The van der Waals surface area contributed by atoms with Gasteiger partial charge in [-0.25, -0.2) is 0 Å². The van der Waals surface area contributed by atoms with Crippen LogP contribution in [0, 0.1) is 11.8 Å². The van der Waals surface area contributed by atoms with Crippen LogP contribution in [0.15, 0.2) is 29.4 Å². The summed E-state index contributed by atoms with van der Waals surface area (Å²) in [6.07, 6.45) is 0.571. The zero-order valence-electron chi connectivity index (χ0n) is 8.47. The molecule has 0 atom stereocenters. The number of hydrogen-bond donors (Lipinski definition) is 0. The second kappa shape index (κ2) is 6.36. The van der Waals surface area contributed by atoms with E-state index in [0.717, 1.165) is 11.3 Å². The Kier molecular flexibility index (Phi) is 4.65. The van der Waals surface area contributed by atoms with Crippen LogP contribution in [0.1, 0.15) is 12.0 Å². The molecular weight excluding hydrogens is 190 g/mol. The third-order valence-corrected chi connectivity index (χ3v) is 1.70. The van der Waals surface area contributed by atoms with Gasteiger partial charge in [0.25, 0.3) is 0 Å². The Hall–Kier alpha value is -2.11. The number of rotatable bonds is 3. The fourth-order valence-corrected chi connectivity index (χ4v) is 1.02. The van der Waals surface area contributed by atoms with E-state index in [1.54, 1.807) is 7.11 Å². The molecule has 0 aliphatic rings. The van der Waals surface area contributed by atoms with E-state index in [0.29, 0.717) is 13.0 Å². The van der Waals surface area contributed by atoms with E-state index in [4.69, 9.17) is 10.3 Å². The highest BCUT2D eigenvalue weighted by Crippen LogP contribution is 2.11. The van der Waals surface area contributed by atoms with Crippen LogP contribution in [0.4, 0.5) is 0 Å². The van der Waals surface area contributed by atoms with Gasteiger partial charge in [0.1, 0.15) is 5.75 Å². The number of ether oxygens (including phenoxy) is 1. The molecule has 76 valence electrons. The molecule has 0 amide bonds. The number of methoxy groups -OCH3 is 1. The Balaban J connectivity index is 2.58. The Bertz CT molecular complexity index is 425. The molecule has 4 nitrogen and oxygen atoms in total.